The van der Waals surface area contributed by atoms with E-state index in [1.165, 1.54) is 0 Å². The van der Waals surface area contributed by atoms with E-state index in [9.17, 15) is 0 Å². The maximum Gasteiger partial charge on any atom is 0.229 e. The molecule has 28 heavy (non-hydrogen) atoms. The minimum atomic E-state index is 0.577. The number of rotatable bonds is 8. The van der Waals surface area contributed by atoms with Crippen LogP contribution in [0.4, 0.5) is 17.5 Å². The Morgan fingerprint density at radius 3 is 2.39 bits per heavy atom. The monoisotopic (exact) mass is 378 g/mol. The van der Waals surface area contributed by atoms with Crippen LogP contribution < -0.4 is 20.1 Å². The van der Waals surface area contributed by atoms with Gasteiger partial charge in [-0.15, -0.1) is 0 Å². The molecule has 0 fully saturated rings. The van der Waals surface area contributed by atoms with Crippen LogP contribution in [0.15, 0.2) is 48.7 Å². The van der Waals surface area contributed by atoms with Crippen LogP contribution in [-0.2, 0) is 6.42 Å². The van der Waals surface area contributed by atoms with Gasteiger partial charge < -0.3 is 20.1 Å². The standard InChI is InChI=1S/C22H26N4O2/c1-15-6-5-7-16(2)21(15)26-22-24-13-11-20(25-22)23-12-10-17-8-9-18(27-3)19(14-17)28-4/h5-9,11,13-14H,10,12H2,1-4H3,(H2,23,24,25,26). The van der Waals surface area contributed by atoms with Gasteiger partial charge in [-0.05, 0) is 55.2 Å². The molecule has 0 unspecified atom stereocenters. The van der Waals surface area contributed by atoms with E-state index in [2.05, 4.69) is 46.6 Å². The number of ether oxygens (including phenoxy) is 2. The number of hydrogen-bond acceptors (Lipinski definition) is 6. The zero-order valence-electron chi connectivity index (χ0n) is 16.7. The first-order chi connectivity index (χ1) is 13.6. The van der Waals surface area contributed by atoms with Crippen molar-refractivity contribution in [3.8, 4) is 11.5 Å². The molecule has 0 spiro atoms. The van der Waals surface area contributed by atoms with E-state index in [1.54, 1.807) is 20.4 Å². The van der Waals surface area contributed by atoms with Crippen LogP contribution >= 0.6 is 0 Å². The van der Waals surface area contributed by atoms with Gasteiger partial charge in [0.25, 0.3) is 0 Å². The van der Waals surface area contributed by atoms with Gasteiger partial charge in [-0.2, -0.15) is 4.98 Å². The van der Waals surface area contributed by atoms with Crippen LogP contribution in [0.2, 0.25) is 0 Å². The van der Waals surface area contributed by atoms with Crippen molar-refractivity contribution in [1.82, 2.24) is 9.97 Å². The van der Waals surface area contributed by atoms with E-state index < -0.39 is 0 Å². The van der Waals surface area contributed by atoms with Crippen LogP contribution in [0, 0.1) is 13.8 Å². The second-order valence-electron chi connectivity index (χ2n) is 6.52. The quantitative estimate of drug-likeness (QED) is 0.601. The van der Waals surface area contributed by atoms with E-state index in [0.717, 1.165) is 52.7 Å². The summed E-state index contributed by atoms with van der Waals surface area (Å²) >= 11 is 0. The third-order valence-corrected chi connectivity index (χ3v) is 4.54. The Labute approximate surface area is 166 Å². The molecule has 3 aromatic rings. The lowest BCUT2D eigenvalue weighted by Gasteiger charge is -2.13. The topological polar surface area (TPSA) is 68.3 Å². The molecule has 0 radical (unpaired) electrons. The van der Waals surface area contributed by atoms with Gasteiger partial charge in [0.15, 0.2) is 11.5 Å². The summed E-state index contributed by atoms with van der Waals surface area (Å²) in [7, 11) is 3.28. The molecule has 0 atom stereocenters. The van der Waals surface area contributed by atoms with Crippen LogP contribution in [0.5, 0.6) is 11.5 Å². The Kier molecular flexibility index (Phi) is 6.32. The molecule has 2 aromatic carbocycles. The lowest BCUT2D eigenvalue weighted by Crippen LogP contribution is -2.08. The number of nitrogens with zero attached hydrogens (tertiary/aromatic N) is 2. The maximum absolute atomic E-state index is 5.36. The molecule has 0 amide bonds. The van der Waals surface area contributed by atoms with Gasteiger partial charge in [0.1, 0.15) is 5.82 Å². The number of aromatic nitrogens is 2. The van der Waals surface area contributed by atoms with E-state index in [1.807, 2.05) is 30.3 Å². The van der Waals surface area contributed by atoms with Gasteiger partial charge in [-0.25, -0.2) is 4.98 Å². The molecule has 146 valence electrons. The molecule has 1 aromatic heterocycles. The Bertz CT molecular complexity index is 923. The number of anilines is 3. The van der Waals surface area contributed by atoms with Gasteiger partial charge in [0.05, 0.1) is 14.2 Å². The molecule has 1 heterocycles. The number of methoxy groups -OCH3 is 2. The molecular formula is C22H26N4O2. The predicted molar refractivity (Wildman–Crippen MR) is 113 cm³/mol. The zero-order valence-corrected chi connectivity index (χ0v) is 16.7. The number of nitrogens with one attached hydrogen (secondary N) is 2. The number of aryl methyl sites for hydroxylation is 2. The Hall–Kier alpha value is -3.28. The van der Waals surface area contributed by atoms with Crippen molar-refractivity contribution in [1.29, 1.82) is 0 Å². The van der Waals surface area contributed by atoms with Crippen molar-refractivity contribution in [3.05, 3.63) is 65.4 Å². The summed E-state index contributed by atoms with van der Waals surface area (Å²) < 4.78 is 10.6. The highest BCUT2D eigenvalue weighted by Crippen LogP contribution is 2.27. The predicted octanol–water partition coefficient (Wildman–Crippen LogP) is 4.51. The van der Waals surface area contributed by atoms with Crippen molar-refractivity contribution >= 4 is 17.5 Å². The second kappa shape index (κ2) is 9.08. The normalized spacial score (nSPS) is 10.4. The highest BCUT2D eigenvalue weighted by Gasteiger charge is 2.06. The molecule has 0 aliphatic carbocycles. The smallest absolute Gasteiger partial charge is 0.229 e. The van der Waals surface area contributed by atoms with Gasteiger partial charge in [0, 0.05) is 18.4 Å². The Balaban J connectivity index is 1.62. The van der Waals surface area contributed by atoms with Gasteiger partial charge in [0.2, 0.25) is 5.95 Å². The van der Waals surface area contributed by atoms with Crippen LogP contribution in [0.1, 0.15) is 16.7 Å². The summed E-state index contributed by atoms with van der Waals surface area (Å²) in [4.78, 5) is 8.90. The average molecular weight is 378 g/mol. The molecule has 0 bridgehead atoms. The summed E-state index contributed by atoms with van der Waals surface area (Å²) in [5, 5.41) is 6.68. The number of hydrogen-bond donors (Lipinski definition) is 2. The molecule has 6 nitrogen and oxygen atoms in total. The molecule has 0 aliphatic rings. The molecule has 2 N–H and O–H groups in total. The SMILES string of the molecule is COc1ccc(CCNc2ccnc(Nc3c(C)cccc3C)n2)cc1OC. The first kappa shape index (κ1) is 19.5. The van der Waals surface area contributed by atoms with Crippen LogP contribution in [-0.4, -0.2) is 30.7 Å². The van der Waals surface area contributed by atoms with Crippen molar-refractivity contribution < 1.29 is 9.47 Å². The molecule has 3 rings (SSSR count). The molecule has 0 saturated carbocycles. The molecular weight excluding hydrogens is 352 g/mol. The third kappa shape index (κ3) is 4.71. The fraction of sp³-hybridized carbons (Fsp3) is 0.273. The summed E-state index contributed by atoms with van der Waals surface area (Å²) in [5.41, 5.74) is 4.53. The lowest BCUT2D eigenvalue weighted by atomic mass is 10.1. The average Bonchev–Trinajstić information content (AvgIpc) is 2.71. The highest BCUT2D eigenvalue weighted by atomic mass is 16.5. The van der Waals surface area contributed by atoms with E-state index in [0.29, 0.717) is 5.95 Å². The summed E-state index contributed by atoms with van der Waals surface area (Å²) in [6.07, 6.45) is 2.59. The highest BCUT2D eigenvalue weighted by molar-refractivity contribution is 5.63. The second-order valence-corrected chi connectivity index (χ2v) is 6.52. The molecule has 0 aliphatic heterocycles. The first-order valence-corrected chi connectivity index (χ1v) is 9.21. The third-order valence-electron chi connectivity index (χ3n) is 4.54. The largest absolute Gasteiger partial charge is 0.493 e. The van der Waals surface area contributed by atoms with Crippen LogP contribution in [0.3, 0.4) is 0 Å². The van der Waals surface area contributed by atoms with Crippen molar-refractivity contribution in [3.63, 3.8) is 0 Å². The van der Waals surface area contributed by atoms with E-state index in [-0.39, 0.29) is 0 Å². The zero-order chi connectivity index (χ0) is 19.9. The number of benzene rings is 2. The summed E-state index contributed by atoms with van der Waals surface area (Å²) in [5.74, 6) is 2.83. The van der Waals surface area contributed by atoms with Crippen molar-refractivity contribution in [2.75, 3.05) is 31.4 Å². The van der Waals surface area contributed by atoms with Gasteiger partial charge in [-0.1, -0.05) is 24.3 Å². The minimum absolute atomic E-state index is 0.577. The van der Waals surface area contributed by atoms with Gasteiger partial charge in [-0.3, -0.25) is 0 Å². The van der Waals surface area contributed by atoms with Crippen LogP contribution in [0.25, 0.3) is 0 Å². The number of para-hydroxylation sites is 1. The summed E-state index contributed by atoms with van der Waals surface area (Å²) in [6, 6.07) is 14.0. The Morgan fingerprint density at radius 1 is 0.929 bits per heavy atom. The minimum Gasteiger partial charge on any atom is -0.493 e. The van der Waals surface area contributed by atoms with E-state index in [4.69, 9.17) is 9.47 Å². The Morgan fingerprint density at radius 2 is 1.68 bits per heavy atom. The molecule has 6 heteroatoms. The van der Waals surface area contributed by atoms with Crippen molar-refractivity contribution in [2.45, 2.75) is 20.3 Å². The fourth-order valence-corrected chi connectivity index (χ4v) is 3.01. The fourth-order valence-electron chi connectivity index (χ4n) is 3.01. The summed E-state index contributed by atoms with van der Waals surface area (Å²) in [6.45, 7) is 4.89. The van der Waals surface area contributed by atoms with Crippen molar-refractivity contribution in [2.24, 2.45) is 0 Å². The van der Waals surface area contributed by atoms with E-state index >= 15 is 0 Å². The molecule has 0 saturated heterocycles. The maximum atomic E-state index is 5.36. The lowest BCUT2D eigenvalue weighted by molar-refractivity contribution is 0.354. The van der Waals surface area contributed by atoms with Gasteiger partial charge >= 0.3 is 0 Å². The first-order valence-electron chi connectivity index (χ1n) is 9.21.